The molecule has 0 aliphatic heterocycles. The highest BCUT2D eigenvalue weighted by Crippen LogP contribution is 2.40. The van der Waals surface area contributed by atoms with E-state index in [2.05, 4.69) is 9.97 Å². The summed E-state index contributed by atoms with van der Waals surface area (Å²) in [4.78, 5) is 8.51. The minimum absolute atomic E-state index is 0.395. The van der Waals surface area contributed by atoms with Crippen LogP contribution in [0.25, 0.3) is 11.4 Å². The molecule has 0 fully saturated rings. The Hall–Kier alpha value is -2.01. The quantitative estimate of drug-likeness (QED) is 0.935. The smallest absolute Gasteiger partial charge is 0.180 e. The van der Waals surface area contributed by atoms with Crippen LogP contribution >= 0.6 is 11.6 Å². The first-order valence-corrected chi connectivity index (χ1v) is 5.96. The molecule has 1 aromatic heterocycles. The van der Waals surface area contributed by atoms with Gasteiger partial charge in [0, 0.05) is 17.3 Å². The second-order valence-corrected chi connectivity index (χ2v) is 4.30. The maximum Gasteiger partial charge on any atom is 0.180 e. The van der Waals surface area contributed by atoms with Crippen molar-refractivity contribution < 1.29 is 9.47 Å². The lowest BCUT2D eigenvalue weighted by molar-refractivity contribution is 0.355. The maximum absolute atomic E-state index is 6.31. The lowest BCUT2D eigenvalue weighted by Crippen LogP contribution is -1.99. The van der Waals surface area contributed by atoms with Crippen molar-refractivity contribution >= 4 is 17.4 Å². The number of nitrogens with zero attached hydrogens (tertiary/aromatic N) is 2. The molecule has 2 rings (SSSR count). The molecule has 0 radical (unpaired) electrons. The van der Waals surface area contributed by atoms with Crippen LogP contribution in [0.15, 0.2) is 18.2 Å². The summed E-state index contributed by atoms with van der Waals surface area (Å²) in [5, 5.41) is 0.395. The van der Waals surface area contributed by atoms with E-state index < -0.39 is 0 Å². The molecule has 1 aromatic carbocycles. The van der Waals surface area contributed by atoms with Gasteiger partial charge in [-0.05, 0) is 19.1 Å². The summed E-state index contributed by atoms with van der Waals surface area (Å²) >= 11 is 6.31. The van der Waals surface area contributed by atoms with Crippen LogP contribution in [0.2, 0.25) is 5.02 Å². The van der Waals surface area contributed by atoms with Crippen LogP contribution in [0, 0.1) is 6.92 Å². The van der Waals surface area contributed by atoms with Gasteiger partial charge in [0.05, 0.1) is 19.2 Å². The molecule has 0 saturated carbocycles. The first kappa shape index (κ1) is 13.4. The van der Waals surface area contributed by atoms with Gasteiger partial charge in [-0.1, -0.05) is 11.6 Å². The Kier molecular flexibility index (Phi) is 3.76. The third-order valence-corrected chi connectivity index (χ3v) is 2.98. The van der Waals surface area contributed by atoms with E-state index in [0.29, 0.717) is 33.7 Å². The van der Waals surface area contributed by atoms with Crippen molar-refractivity contribution in [3.63, 3.8) is 0 Å². The largest absolute Gasteiger partial charge is 0.493 e. The van der Waals surface area contributed by atoms with Crippen molar-refractivity contribution in [2.45, 2.75) is 6.92 Å². The van der Waals surface area contributed by atoms with E-state index in [1.54, 1.807) is 25.3 Å². The summed E-state index contributed by atoms with van der Waals surface area (Å²) in [7, 11) is 3.08. The van der Waals surface area contributed by atoms with Gasteiger partial charge in [0.15, 0.2) is 17.3 Å². The number of methoxy groups -OCH3 is 2. The first-order valence-electron chi connectivity index (χ1n) is 5.58. The van der Waals surface area contributed by atoms with Crippen LogP contribution < -0.4 is 15.2 Å². The van der Waals surface area contributed by atoms with Crippen LogP contribution in [0.4, 0.5) is 5.82 Å². The number of ether oxygens (including phenoxy) is 2. The molecule has 0 unspecified atom stereocenters. The standard InChI is InChI=1S/C13H14ClN3O2/c1-7-6-10(15)17-13(16-7)8-4-5-9(18-2)12(19-3)11(8)14/h4-6H,1-3H3,(H2,15,16,17). The Morgan fingerprint density at radius 3 is 2.47 bits per heavy atom. The van der Waals surface area contributed by atoms with Crippen molar-refractivity contribution in [3.8, 4) is 22.9 Å². The molecule has 2 aromatic rings. The zero-order valence-corrected chi connectivity index (χ0v) is 11.7. The van der Waals surface area contributed by atoms with Gasteiger partial charge in [0.1, 0.15) is 5.82 Å². The normalized spacial score (nSPS) is 10.3. The van der Waals surface area contributed by atoms with Gasteiger partial charge in [-0.3, -0.25) is 0 Å². The number of aromatic nitrogens is 2. The van der Waals surface area contributed by atoms with Gasteiger partial charge >= 0.3 is 0 Å². The van der Waals surface area contributed by atoms with Crippen molar-refractivity contribution in [1.29, 1.82) is 0 Å². The number of rotatable bonds is 3. The van der Waals surface area contributed by atoms with Gasteiger partial charge in [-0.25, -0.2) is 9.97 Å². The summed E-state index contributed by atoms with van der Waals surface area (Å²) in [6.45, 7) is 1.84. The minimum atomic E-state index is 0.395. The number of hydrogen-bond acceptors (Lipinski definition) is 5. The molecule has 0 atom stereocenters. The zero-order chi connectivity index (χ0) is 14.0. The molecule has 0 spiro atoms. The lowest BCUT2D eigenvalue weighted by atomic mass is 10.1. The number of nitrogen functional groups attached to an aromatic ring is 1. The van der Waals surface area contributed by atoms with E-state index in [1.807, 2.05) is 6.92 Å². The van der Waals surface area contributed by atoms with Gasteiger partial charge in [0.2, 0.25) is 0 Å². The van der Waals surface area contributed by atoms with Gasteiger partial charge in [0.25, 0.3) is 0 Å². The number of anilines is 1. The molecule has 0 saturated heterocycles. The van der Waals surface area contributed by atoms with E-state index >= 15 is 0 Å². The van der Waals surface area contributed by atoms with Crippen LogP contribution in [0.3, 0.4) is 0 Å². The fourth-order valence-electron chi connectivity index (χ4n) is 1.78. The molecule has 19 heavy (non-hydrogen) atoms. The maximum atomic E-state index is 6.31. The zero-order valence-electron chi connectivity index (χ0n) is 10.9. The van der Waals surface area contributed by atoms with Gasteiger partial charge < -0.3 is 15.2 Å². The van der Waals surface area contributed by atoms with Crippen LogP contribution in [0.5, 0.6) is 11.5 Å². The van der Waals surface area contributed by atoms with Crippen molar-refractivity contribution in [3.05, 3.63) is 28.9 Å². The van der Waals surface area contributed by atoms with Crippen molar-refractivity contribution in [1.82, 2.24) is 9.97 Å². The lowest BCUT2D eigenvalue weighted by Gasteiger charge is -2.12. The predicted octanol–water partition coefficient (Wildman–Crippen LogP) is 2.70. The highest BCUT2D eigenvalue weighted by Gasteiger charge is 2.16. The first-order chi connectivity index (χ1) is 9.06. The molecule has 0 aliphatic carbocycles. The average molecular weight is 280 g/mol. The van der Waals surface area contributed by atoms with Crippen molar-refractivity contribution in [2.75, 3.05) is 20.0 Å². The molecule has 0 bridgehead atoms. The molecule has 1 heterocycles. The fraction of sp³-hybridized carbons (Fsp3) is 0.231. The van der Waals surface area contributed by atoms with Gasteiger partial charge in [-0.2, -0.15) is 0 Å². The van der Waals surface area contributed by atoms with E-state index in [4.69, 9.17) is 26.8 Å². The van der Waals surface area contributed by atoms with E-state index in [9.17, 15) is 0 Å². The van der Waals surface area contributed by atoms with Crippen LogP contribution in [-0.2, 0) is 0 Å². The Bertz CT molecular complexity index is 597. The fourth-order valence-corrected chi connectivity index (χ4v) is 2.09. The van der Waals surface area contributed by atoms with Crippen molar-refractivity contribution in [2.24, 2.45) is 0 Å². The Morgan fingerprint density at radius 1 is 1.16 bits per heavy atom. The molecule has 100 valence electrons. The molecule has 0 aliphatic rings. The number of aryl methyl sites for hydroxylation is 1. The third kappa shape index (κ3) is 2.56. The number of halogens is 1. The molecular weight excluding hydrogens is 266 g/mol. The molecule has 0 amide bonds. The topological polar surface area (TPSA) is 70.3 Å². The molecular formula is C13H14ClN3O2. The van der Waals surface area contributed by atoms with E-state index in [-0.39, 0.29) is 0 Å². The molecule has 2 N–H and O–H groups in total. The Balaban J connectivity index is 2.62. The molecule has 6 heteroatoms. The van der Waals surface area contributed by atoms with E-state index in [0.717, 1.165) is 5.69 Å². The third-order valence-electron chi connectivity index (χ3n) is 2.60. The summed E-state index contributed by atoms with van der Waals surface area (Å²) < 4.78 is 10.4. The summed E-state index contributed by atoms with van der Waals surface area (Å²) in [6, 6.07) is 5.22. The van der Waals surface area contributed by atoms with Crippen LogP contribution in [0.1, 0.15) is 5.69 Å². The highest BCUT2D eigenvalue weighted by atomic mass is 35.5. The highest BCUT2D eigenvalue weighted by molar-refractivity contribution is 6.35. The average Bonchev–Trinajstić information content (AvgIpc) is 2.36. The number of hydrogen-bond donors (Lipinski definition) is 1. The number of benzene rings is 1. The monoisotopic (exact) mass is 279 g/mol. The van der Waals surface area contributed by atoms with E-state index in [1.165, 1.54) is 7.11 Å². The second-order valence-electron chi connectivity index (χ2n) is 3.92. The SMILES string of the molecule is COc1ccc(-c2nc(C)cc(N)n2)c(Cl)c1OC. The Labute approximate surface area is 116 Å². The summed E-state index contributed by atoms with van der Waals surface area (Å²) in [5.41, 5.74) is 7.14. The van der Waals surface area contributed by atoms with Crippen LogP contribution in [-0.4, -0.2) is 24.2 Å². The second kappa shape index (κ2) is 5.32. The minimum Gasteiger partial charge on any atom is -0.493 e. The molecule has 5 nitrogen and oxygen atoms in total. The summed E-state index contributed by atoms with van der Waals surface area (Å²) in [5.74, 6) is 1.86. The Morgan fingerprint density at radius 2 is 1.89 bits per heavy atom. The van der Waals surface area contributed by atoms with Gasteiger partial charge in [-0.15, -0.1) is 0 Å². The summed E-state index contributed by atoms with van der Waals surface area (Å²) in [6.07, 6.45) is 0. The predicted molar refractivity (Wildman–Crippen MR) is 74.7 cm³/mol. The number of nitrogens with two attached hydrogens (primary N) is 1.